The molecule has 1 unspecified atom stereocenters. The van der Waals surface area contributed by atoms with E-state index in [1.54, 1.807) is 12.1 Å². The van der Waals surface area contributed by atoms with Gasteiger partial charge in [-0.15, -0.1) is 0 Å². The van der Waals surface area contributed by atoms with Crippen molar-refractivity contribution in [3.8, 4) is 0 Å². The highest BCUT2D eigenvalue weighted by atomic mass is 16.4. The molecule has 0 radical (unpaired) electrons. The largest absolute Gasteiger partial charge is 0.480 e. The Morgan fingerprint density at radius 3 is 2.52 bits per heavy atom. The lowest BCUT2D eigenvalue weighted by molar-refractivity contribution is -0.139. The Labute approximate surface area is 122 Å². The van der Waals surface area contributed by atoms with Gasteiger partial charge >= 0.3 is 5.97 Å². The second-order valence-corrected chi connectivity index (χ2v) is 4.81. The maximum absolute atomic E-state index is 11.4. The second kappa shape index (κ2) is 5.81. The van der Waals surface area contributed by atoms with Crippen molar-refractivity contribution in [1.82, 2.24) is 5.32 Å². The number of hydrogen-bond donors (Lipinski definition) is 2. The van der Waals surface area contributed by atoms with Gasteiger partial charge in [-0.1, -0.05) is 48.5 Å². The van der Waals surface area contributed by atoms with E-state index in [9.17, 15) is 9.90 Å². The number of carboxylic acids is 1. The van der Waals surface area contributed by atoms with Crippen molar-refractivity contribution >= 4 is 16.9 Å². The molecule has 3 rings (SSSR count). The van der Waals surface area contributed by atoms with Crippen molar-refractivity contribution < 1.29 is 14.3 Å². The highest BCUT2D eigenvalue weighted by Crippen LogP contribution is 2.20. The zero-order valence-electron chi connectivity index (χ0n) is 11.3. The number of fused-ring (bicyclic) bond motifs is 1. The van der Waals surface area contributed by atoms with Crippen molar-refractivity contribution in [3.63, 3.8) is 0 Å². The summed E-state index contributed by atoms with van der Waals surface area (Å²) in [5.41, 5.74) is 1.53. The van der Waals surface area contributed by atoms with Crippen LogP contribution in [0.4, 0.5) is 0 Å². The number of benzene rings is 2. The third-order valence-corrected chi connectivity index (χ3v) is 3.34. The van der Waals surface area contributed by atoms with E-state index in [2.05, 4.69) is 5.32 Å². The molecule has 0 aliphatic carbocycles. The fraction of sp³-hybridized carbons (Fsp3) is 0.118. The third kappa shape index (κ3) is 2.95. The maximum Gasteiger partial charge on any atom is 0.325 e. The normalized spacial score (nSPS) is 12.4. The average Bonchev–Trinajstić information content (AvgIpc) is 2.91. The van der Waals surface area contributed by atoms with E-state index in [-0.39, 0.29) is 0 Å². The number of furan rings is 1. The number of aliphatic carboxylic acids is 1. The average molecular weight is 281 g/mol. The van der Waals surface area contributed by atoms with Crippen LogP contribution >= 0.6 is 0 Å². The predicted octanol–water partition coefficient (Wildman–Crippen LogP) is 3.35. The van der Waals surface area contributed by atoms with Crippen LogP contribution in [0, 0.1) is 0 Å². The number of nitrogens with one attached hydrogen (secondary N) is 1. The van der Waals surface area contributed by atoms with Gasteiger partial charge in [0.1, 0.15) is 17.4 Å². The molecule has 0 bridgehead atoms. The molecule has 1 heterocycles. The van der Waals surface area contributed by atoms with Gasteiger partial charge in [0.15, 0.2) is 0 Å². The van der Waals surface area contributed by atoms with Gasteiger partial charge in [0, 0.05) is 5.39 Å². The predicted molar refractivity (Wildman–Crippen MR) is 79.9 cm³/mol. The molecule has 106 valence electrons. The minimum atomic E-state index is -0.905. The van der Waals surface area contributed by atoms with E-state index in [4.69, 9.17) is 4.42 Å². The number of carboxylic acid groups (broad SMARTS) is 1. The fourth-order valence-corrected chi connectivity index (χ4v) is 2.32. The van der Waals surface area contributed by atoms with Crippen LogP contribution in [0.2, 0.25) is 0 Å². The summed E-state index contributed by atoms with van der Waals surface area (Å²) in [5, 5.41) is 13.4. The van der Waals surface area contributed by atoms with E-state index in [0.717, 1.165) is 22.3 Å². The molecule has 4 heteroatoms. The molecule has 0 amide bonds. The lowest BCUT2D eigenvalue weighted by atomic mass is 10.1. The molecule has 2 aromatic carbocycles. The first-order chi connectivity index (χ1) is 10.2. The highest BCUT2D eigenvalue weighted by Gasteiger charge is 2.19. The first kappa shape index (κ1) is 13.4. The van der Waals surface area contributed by atoms with E-state index >= 15 is 0 Å². The van der Waals surface area contributed by atoms with Crippen molar-refractivity contribution in [2.24, 2.45) is 0 Å². The van der Waals surface area contributed by atoms with E-state index in [0.29, 0.717) is 6.54 Å². The number of carbonyl (C=O) groups is 1. The van der Waals surface area contributed by atoms with Gasteiger partial charge in [0.05, 0.1) is 6.54 Å². The summed E-state index contributed by atoms with van der Waals surface area (Å²) in [6.07, 6.45) is 0. The SMILES string of the molecule is O=C(O)C(NCc1cc2ccccc2o1)c1ccccc1. The van der Waals surface area contributed by atoms with Crippen LogP contribution in [0.3, 0.4) is 0 Å². The Hall–Kier alpha value is -2.59. The first-order valence-electron chi connectivity index (χ1n) is 6.72. The molecule has 4 nitrogen and oxygen atoms in total. The van der Waals surface area contributed by atoms with Crippen LogP contribution in [0.5, 0.6) is 0 Å². The molecule has 2 N–H and O–H groups in total. The highest BCUT2D eigenvalue weighted by molar-refractivity contribution is 5.78. The summed E-state index contributed by atoms with van der Waals surface area (Å²) in [5.74, 6) is -0.185. The van der Waals surface area contributed by atoms with Crippen LogP contribution in [0.1, 0.15) is 17.4 Å². The molecule has 0 saturated carbocycles. The quantitative estimate of drug-likeness (QED) is 0.753. The number of rotatable bonds is 5. The van der Waals surface area contributed by atoms with E-state index < -0.39 is 12.0 Å². The number of para-hydroxylation sites is 1. The van der Waals surface area contributed by atoms with Gasteiger partial charge in [-0.25, -0.2) is 0 Å². The molecule has 1 aromatic heterocycles. The van der Waals surface area contributed by atoms with Crippen molar-refractivity contribution in [1.29, 1.82) is 0 Å². The topological polar surface area (TPSA) is 62.5 Å². The summed E-state index contributed by atoms with van der Waals surface area (Å²) in [7, 11) is 0. The van der Waals surface area contributed by atoms with Crippen molar-refractivity contribution in [3.05, 3.63) is 72.0 Å². The zero-order valence-corrected chi connectivity index (χ0v) is 11.3. The lowest BCUT2D eigenvalue weighted by Gasteiger charge is -2.13. The standard InChI is InChI=1S/C17H15NO3/c19-17(20)16(12-6-2-1-3-7-12)18-11-14-10-13-8-4-5-9-15(13)21-14/h1-10,16,18H,11H2,(H,19,20). The summed E-state index contributed by atoms with van der Waals surface area (Å²) < 4.78 is 5.68. The zero-order chi connectivity index (χ0) is 14.7. The van der Waals surface area contributed by atoms with Gasteiger partial charge in [-0.3, -0.25) is 10.1 Å². The Morgan fingerprint density at radius 2 is 1.81 bits per heavy atom. The Balaban J connectivity index is 1.76. The summed E-state index contributed by atoms with van der Waals surface area (Å²) in [6, 6.07) is 18.0. The van der Waals surface area contributed by atoms with E-state index in [1.807, 2.05) is 48.5 Å². The minimum Gasteiger partial charge on any atom is -0.480 e. The summed E-state index contributed by atoms with van der Waals surface area (Å²) >= 11 is 0. The van der Waals surface area contributed by atoms with Crippen molar-refractivity contribution in [2.45, 2.75) is 12.6 Å². The molecule has 0 spiro atoms. The number of hydrogen-bond acceptors (Lipinski definition) is 3. The van der Waals surface area contributed by atoms with Gasteiger partial charge in [-0.05, 0) is 17.7 Å². The molecule has 0 aliphatic rings. The fourth-order valence-electron chi connectivity index (χ4n) is 2.32. The molecular formula is C17H15NO3. The molecule has 1 atom stereocenters. The van der Waals surface area contributed by atoms with Crippen LogP contribution < -0.4 is 5.32 Å². The minimum absolute atomic E-state index is 0.362. The van der Waals surface area contributed by atoms with Crippen LogP contribution in [-0.2, 0) is 11.3 Å². The molecule has 0 saturated heterocycles. The Bertz CT molecular complexity index is 716. The monoisotopic (exact) mass is 281 g/mol. The van der Waals surface area contributed by atoms with Gasteiger partial charge < -0.3 is 9.52 Å². The molecule has 3 aromatic rings. The van der Waals surface area contributed by atoms with E-state index in [1.165, 1.54) is 0 Å². The van der Waals surface area contributed by atoms with Gasteiger partial charge in [0.2, 0.25) is 0 Å². The molecule has 0 aliphatic heterocycles. The smallest absolute Gasteiger partial charge is 0.325 e. The molecule has 21 heavy (non-hydrogen) atoms. The van der Waals surface area contributed by atoms with Crippen LogP contribution in [0.25, 0.3) is 11.0 Å². The Kier molecular flexibility index (Phi) is 3.71. The summed E-state index contributed by atoms with van der Waals surface area (Å²) in [4.78, 5) is 11.4. The third-order valence-electron chi connectivity index (χ3n) is 3.34. The lowest BCUT2D eigenvalue weighted by Crippen LogP contribution is -2.27. The molecule has 0 fully saturated rings. The second-order valence-electron chi connectivity index (χ2n) is 4.81. The van der Waals surface area contributed by atoms with Crippen LogP contribution in [-0.4, -0.2) is 11.1 Å². The Morgan fingerprint density at radius 1 is 1.10 bits per heavy atom. The first-order valence-corrected chi connectivity index (χ1v) is 6.72. The van der Waals surface area contributed by atoms with Gasteiger partial charge in [0.25, 0.3) is 0 Å². The van der Waals surface area contributed by atoms with Crippen molar-refractivity contribution in [2.75, 3.05) is 0 Å². The van der Waals surface area contributed by atoms with Gasteiger partial charge in [-0.2, -0.15) is 0 Å². The maximum atomic E-state index is 11.4. The summed E-state index contributed by atoms with van der Waals surface area (Å²) in [6.45, 7) is 0.362. The molecular weight excluding hydrogens is 266 g/mol. The van der Waals surface area contributed by atoms with Crippen LogP contribution in [0.15, 0.2) is 65.1 Å².